The van der Waals surface area contributed by atoms with Crippen LogP contribution in [0.4, 0.5) is 0 Å². The Balaban J connectivity index is 1.63. The predicted molar refractivity (Wildman–Crippen MR) is 103 cm³/mol. The highest BCUT2D eigenvalue weighted by molar-refractivity contribution is 6.15. The zero-order valence-corrected chi connectivity index (χ0v) is 15.8. The number of methoxy groups -OCH3 is 1. The highest BCUT2D eigenvalue weighted by Crippen LogP contribution is 2.42. The van der Waals surface area contributed by atoms with Crippen molar-refractivity contribution in [1.82, 2.24) is 4.90 Å². The van der Waals surface area contributed by atoms with Crippen molar-refractivity contribution in [3.05, 3.63) is 58.8 Å². The van der Waals surface area contributed by atoms with E-state index < -0.39 is 0 Å². The fraction of sp³-hybridized carbons (Fsp3) is 0.318. The highest BCUT2D eigenvalue weighted by Gasteiger charge is 2.33. The number of allylic oxidation sites excluding steroid dienone is 1. The Morgan fingerprint density at radius 1 is 1.19 bits per heavy atom. The van der Waals surface area contributed by atoms with E-state index >= 15 is 0 Å². The maximum atomic E-state index is 12.8. The predicted octanol–water partition coefficient (Wildman–Crippen LogP) is 4.12. The van der Waals surface area contributed by atoms with E-state index in [0.717, 1.165) is 35.7 Å². The number of Topliss-reactive ketones (excluding diaryl/α,β-unsaturated/α-hetero) is 1. The third-order valence-corrected chi connectivity index (χ3v) is 4.72. The van der Waals surface area contributed by atoms with Crippen LogP contribution in [-0.4, -0.2) is 31.1 Å². The van der Waals surface area contributed by atoms with Crippen LogP contribution in [0.5, 0.6) is 17.2 Å². The summed E-state index contributed by atoms with van der Waals surface area (Å²) in [6.45, 7) is 6.58. The van der Waals surface area contributed by atoms with E-state index in [9.17, 15) is 4.79 Å². The molecule has 0 amide bonds. The lowest BCUT2D eigenvalue weighted by Gasteiger charge is -2.30. The van der Waals surface area contributed by atoms with Gasteiger partial charge in [-0.15, -0.1) is 0 Å². The molecule has 0 atom stereocenters. The lowest BCUT2D eigenvalue weighted by atomic mass is 10.0. The third-order valence-electron chi connectivity index (χ3n) is 4.72. The van der Waals surface area contributed by atoms with Crippen LogP contribution in [0.2, 0.25) is 0 Å². The van der Waals surface area contributed by atoms with Gasteiger partial charge in [0.15, 0.2) is 5.76 Å². The molecule has 5 nitrogen and oxygen atoms in total. The first-order chi connectivity index (χ1) is 13.0. The Labute approximate surface area is 159 Å². The average molecular weight is 365 g/mol. The Hall–Kier alpha value is -2.79. The van der Waals surface area contributed by atoms with Crippen molar-refractivity contribution in [2.75, 3.05) is 20.4 Å². The van der Waals surface area contributed by atoms with Gasteiger partial charge in [-0.1, -0.05) is 26.0 Å². The van der Waals surface area contributed by atoms with Crippen LogP contribution < -0.4 is 14.2 Å². The average Bonchev–Trinajstić information content (AvgIpc) is 2.98. The second kappa shape index (κ2) is 7.08. The van der Waals surface area contributed by atoms with E-state index in [-0.39, 0.29) is 5.78 Å². The Morgan fingerprint density at radius 3 is 2.67 bits per heavy atom. The van der Waals surface area contributed by atoms with E-state index in [0.29, 0.717) is 29.7 Å². The largest absolute Gasteiger partial charge is 0.497 e. The molecule has 0 saturated heterocycles. The van der Waals surface area contributed by atoms with Crippen molar-refractivity contribution in [2.45, 2.75) is 20.4 Å². The summed E-state index contributed by atoms with van der Waals surface area (Å²) in [5.74, 6) is 2.99. The second-order valence-corrected chi connectivity index (χ2v) is 7.31. The van der Waals surface area contributed by atoms with Gasteiger partial charge in [0, 0.05) is 13.1 Å². The number of fused-ring (bicyclic) bond motifs is 3. The molecular weight excluding hydrogens is 342 g/mol. The van der Waals surface area contributed by atoms with Crippen LogP contribution in [0.15, 0.2) is 42.2 Å². The van der Waals surface area contributed by atoms with Crippen LogP contribution in [0.25, 0.3) is 6.08 Å². The van der Waals surface area contributed by atoms with Crippen LogP contribution in [0.3, 0.4) is 0 Å². The monoisotopic (exact) mass is 365 g/mol. The topological polar surface area (TPSA) is 48.0 Å². The van der Waals surface area contributed by atoms with Crippen LogP contribution in [-0.2, 0) is 6.54 Å². The summed E-state index contributed by atoms with van der Waals surface area (Å²) in [5, 5.41) is 0. The molecule has 2 aliphatic rings. The van der Waals surface area contributed by atoms with Crippen LogP contribution >= 0.6 is 0 Å². The maximum absolute atomic E-state index is 12.8. The molecule has 2 aromatic carbocycles. The Bertz CT molecular complexity index is 899. The third kappa shape index (κ3) is 3.43. The molecular formula is C22H23NO4. The van der Waals surface area contributed by atoms with E-state index in [2.05, 4.69) is 18.7 Å². The summed E-state index contributed by atoms with van der Waals surface area (Å²) in [5.41, 5.74) is 2.44. The maximum Gasteiger partial charge on any atom is 0.231 e. The normalized spacial score (nSPS) is 17.5. The Morgan fingerprint density at radius 2 is 1.96 bits per heavy atom. The van der Waals surface area contributed by atoms with Gasteiger partial charge in [-0.3, -0.25) is 9.69 Å². The molecule has 2 aromatic rings. The number of benzene rings is 2. The SMILES string of the molecule is COc1ccc(/C=C2\Oc3c(ccc4c3CN(CC(C)C)CO4)C2=O)cc1. The summed E-state index contributed by atoms with van der Waals surface area (Å²) in [4.78, 5) is 15.0. The number of carbonyl (C=O) groups excluding carboxylic acids is 1. The summed E-state index contributed by atoms with van der Waals surface area (Å²) >= 11 is 0. The highest BCUT2D eigenvalue weighted by atomic mass is 16.5. The molecule has 4 rings (SSSR count). The van der Waals surface area contributed by atoms with Gasteiger partial charge in [-0.2, -0.15) is 0 Å². The molecule has 0 fully saturated rings. The van der Waals surface area contributed by atoms with E-state index in [1.54, 1.807) is 19.3 Å². The number of hydrogen-bond acceptors (Lipinski definition) is 5. The minimum absolute atomic E-state index is 0.0930. The van der Waals surface area contributed by atoms with Gasteiger partial charge in [-0.05, 0) is 41.8 Å². The smallest absolute Gasteiger partial charge is 0.231 e. The molecule has 0 radical (unpaired) electrons. The number of ether oxygens (including phenoxy) is 3. The zero-order chi connectivity index (χ0) is 19.0. The van der Waals surface area contributed by atoms with Crippen molar-refractivity contribution in [3.8, 4) is 17.2 Å². The molecule has 0 aliphatic carbocycles. The van der Waals surface area contributed by atoms with Gasteiger partial charge in [0.05, 0.1) is 18.2 Å². The number of ketones is 1. The number of hydrogen-bond donors (Lipinski definition) is 0. The quantitative estimate of drug-likeness (QED) is 0.763. The molecule has 5 heteroatoms. The standard InChI is InChI=1S/C22H23NO4/c1-14(2)11-23-12-18-19(26-13-23)9-8-17-21(24)20(27-22(17)18)10-15-4-6-16(25-3)7-5-15/h4-10,14H,11-13H2,1-3H3/b20-10-. The summed E-state index contributed by atoms with van der Waals surface area (Å²) in [6.07, 6.45) is 1.77. The van der Waals surface area contributed by atoms with Crippen molar-refractivity contribution in [3.63, 3.8) is 0 Å². The molecule has 27 heavy (non-hydrogen) atoms. The van der Waals surface area contributed by atoms with Crippen molar-refractivity contribution < 1.29 is 19.0 Å². The first kappa shape index (κ1) is 17.6. The number of carbonyl (C=O) groups is 1. The molecule has 2 aliphatic heterocycles. The van der Waals surface area contributed by atoms with Gasteiger partial charge >= 0.3 is 0 Å². The molecule has 140 valence electrons. The fourth-order valence-electron chi connectivity index (χ4n) is 3.49. The van der Waals surface area contributed by atoms with Gasteiger partial charge in [-0.25, -0.2) is 0 Å². The zero-order valence-electron chi connectivity index (χ0n) is 15.8. The summed E-state index contributed by atoms with van der Waals surface area (Å²) in [7, 11) is 1.63. The van der Waals surface area contributed by atoms with Crippen LogP contribution in [0, 0.1) is 5.92 Å². The number of nitrogens with zero attached hydrogens (tertiary/aromatic N) is 1. The first-order valence-corrected chi connectivity index (χ1v) is 9.14. The van der Waals surface area contributed by atoms with Crippen LogP contribution in [0.1, 0.15) is 35.3 Å². The van der Waals surface area contributed by atoms with Gasteiger partial charge < -0.3 is 14.2 Å². The lowest BCUT2D eigenvalue weighted by molar-refractivity contribution is 0.0832. The fourth-order valence-corrected chi connectivity index (χ4v) is 3.49. The molecule has 0 unspecified atom stereocenters. The second-order valence-electron chi connectivity index (χ2n) is 7.31. The van der Waals surface area contributed by atoms with Gasteiger partial charge in [0.25, 0.3) is 0 Å². The molecule has 2 heterocycles. The minimum Gasteiger partial charge on any atom is -0.497 e. The molecule has 0 N–H and O–H groups in total. The van der Waals surface area contributed by atoms with Crippen molar-refractivity contribution >= 4 is 11.9 Å². The van der Waals surface area contributed by atoms with Gasteiger partial charge in [0.1, 0.15) is 24.0 Å². The van der Waals surface area contributed by atoms with Crippen molar-refractivity contribution in [1.29, 1.82) is 0 Å². The number of rotatable bonds is 4. The Kier molecular flexibility index (Phi) is 4.62. The van der Waals surface area contributed by atoms with E-state index in [1.165, 1.54) is 0 Å². The first-order valence-electron chi connectivity index (χ1n) is 9.14. The molecule has 0 aromatic heterocycles. The summed E-state index contributed by atoms with van der Waals surface area (Å²) < 4.78 is 17.1. The van der Waals surface area contributed by atoms with Crippen molar-refractivity contribution in [2.24, 2.45) is 5.92 Å². The molecule has 0 spiro atoms. The molecule has 0 bridgehead atoms. The van der Waals surface area contributed by atoms with E-state index in [1.807, 2.05) is 30.3 Å². The molecule has 0 saturated carbocycles. The summed E-state index contributed by atoms with van der Waals surface area (Å²) in [6, 6.07) is 11.2. The van der Waals surface area contributed by atoms with Gasteiger partial charge in [0.2, 0.25) is 5.78 Å². The lowest BCUT2D eigenvalue weighted by Crippen LogP contribution is -2.34. The minimum atomic E-state index is -0.0930. The van der Waals surface area contributed by atoms with E-state index in [4.69, 9.17) is 14.2 Å².